The van der Waals surface area contributed by atoms with Crippen molar-refractivity contribution in [2.45, 2.75) is 77.8 Å². The lowest BCUT2D eigenvalue weighted by Gasteiger charge is -2.37. The summed E-state index contributed by atoms with van der Waals surface area (Å²) >= 11 is 0. The number of nitrogens with zero attached hydrogens (tertiary/aromatic N) is 2. The van der Waals surface area contributed by atoms with Crippen LogP contribution in [0.3, 0.4) is 0 Å². The van der Waals surface area contributed by atoms with Gasteiger partial charge in [0.1, 0.15) is 11.8 Å². The molecule has 0 saturated heterocycles. The van der Waals surface area contributed by atoms with Gasteiger partial charge in [-0.3, -0.25) is 15.0 Å². The van der Waals surface area contributed by atoms with Crippen LogP contribution < -0.4 is 16.1 Å². The number of hydrogen-bond donors (Lipinski definition) is 5. The molecule has 1 aliphatic carbocycles. The van der Waals surface area contributed by atoms with E-state index in [0.717, 1.165) is 33.5 Å². The minimum Gasteiger partial charge on any atom is -0.453 e. The number of aryl methyl sites for hydroxylation is 2. The first-order valence-corrected chi connectivity index (χ1v) is 16.9. The number of benzene rings is 3. The number of aliphatic hydroxyl groups is 2. The number of fused-ring (bicyclic) bond motifs is 1. The second kappa shape index (κ2) is 15.5. The van der Waals surface area contributed by atoms with E-state index in [4.69, 9.17) is 9.26 Å². The molecule has 0 aliphatic heterocycles. The molecule has 270 valence electrons. The van der Waals surface area contributed by atoms with E-state index in [0.29, 0.717) is 17.7 Å². The van der Waals surface area contributed by atoms with E-state index in [1.165, 1.54) is 12.1 Å². The summed E-state index contributed by atoms with van der Waals surface area (Å²) in [5.74, 6) is -0.588. The molecule has 0 radical (unpaired) electrons. The minimum atomic E-state index is -2.09. The quantitative estimate of drug-likeness (QED) is 0.136. The normalized spacial score (nSPS) is 17.3. The van der Waals surface area contributed by atoms with Crippen molar-refractivity contribution in [3.8, 4) is 11.1 Å². The van der Waals surface area contributed by atoms with Crippen LogP contribution in [0.2, 0.25) is 0 Å². The zero-order valence-corrected chi connectivity index (χ0v) is 29.9. The fourth-order valence-electron chi connectivity index (χ4n) is 6.58. The van der Waals surface area contributed by atoms with Crippen LogP contribution in [-0.2, 0) is 33.7 Å². The SMILES string of the molecule is COC(=O)N[C@H](C(=O)NN(Cc1ccc(-c2c(C)noc2C)cc1)C[C@](O)(Cc1ccccc1)C(=O)N[C@H]1c2ccccc2C[C@H]1O)C(C)(C)C. The molecule has 1 aromatic heterocycles. The molecule has 1 aliphatic rings. The average Bonchev–Trinajstić information content (AvgIpc) is 3.59. The molecule has 0 spiro atoms. The number of hydrazine groups is 1. The van der Waals surface area contributed by atoms with E-state index in [1.807, 2.05) is 92.7 Å². The Labute approximate surface area is 298 Å². The lowest BCUT2D eigenvalue weighted by molar-refractivity contribution is -0.147. The van der Waals surface area contributed by atoms with Crippen molar-refractivity contribution >= 4 is 17.9 Å². The maximum Gasteiger partial charge on any atom is 0.407 e. The molecule has 4 atom stereocenters. The molecule has 12 nitrogen and oxygen atoms in total. The number of aliphatic hydroxyl groups excluding tert-OH is 1. The lowest BCUT2D eigenvalue weighted by Crippen LogP contribution is -2.62. The van der Waals surface area contributed by atoms with Gasteiger partial charge in [0.2, 0.25) is 0 Å². The second-order valence-corrected chi connectivity index (χ2v) is 14.3. The molecule has 0 fully saturated rings. The maximum atomic E-state index is 14.3. The molecule has 0 unspecified atom stereocenters. The summed E-state index contributed by atoms with van der Waals surface area (Å²) < 4.78 is 10.1. The number of carbonyl (C=O) groups is 3. The molecule has 51 heavy (non-hydrogen) atoms. The zero-order chi connectivity index (χ0) is 36.9. The van der Waals surface area contributed by atoms with Gasteiger partial charge in [0.05, 0.1) is 31.5 Å². The third-order valence-electron chi connectivity index (χ3n) is 9.20. The van der Waals surface area contributed by atoms with Crippen molar-refractivity contribution < 1.29 is 33.9 Å². The number of ether oxygens (including phenoxy) is 1. The molecule has 4 aromatic rings. The van der Waals surface area contributed by atoms with Gasteiger partial charge in [0.15, 0.2) is 5.60 Å². The van der Waals surface area contributed by atoms with E-state index < -0.39 is 47.1 Å². The summed E-state index contributed by atoms with van der Waals surface area (Å²) in [6.07, 6.45) is -1.38. The van der Waals surface area contributed by atoms with Crippen LogP contribution in [0.5, 0.6) is 0 Å². The number of rotatable bonds is 12. The number of amides is 3. The van der Waals surface area contributed by atoms with Crippen molar-refractivity contribution in [1.29, 1.82) is 0 Å². The third kappa shape index (κ3) is 8.83. The van der Waals surface area contributed by atoms with Gasteiger partial charge in [-0.15, -0.1) is 0 Å². The second-order valence-electron chi connectivity index (χ2n) is 14.3. The Hall–Kier alpha value is -5.04. The average molecular weight is 698 g/mol. The van der Waals surface area contributed by atoms with Crippen LogP contribution in [0.1, 0.15) is 60.5 Å². The summed E-state index contributed by atoms with van der Waals surface area (Å²) in [5.41, 5.74) is 5.77. The highest BCUT2D eigenvalue weighted by atomic mass is 16.5. The Bertz CT molecular complexity index is 1820. The fraction of sp³-hybridized carbons (Fsp3) is 0.385. The molecule has 0 saturated carbocycles. The van der Waals surface area contributed by atoms with Gasteiger partial charge in [-0.1, -0.05) is 105 Å². The molecule has 5 rings (SSSR count). The third-order valence-corrected chi connectivity index (χ3v) is 9.20. The number of alkyl carbamates (subject to hydrolysis) is 1. The van der Waals surface area contributed by atoms with E-state index in [2.05, 4.69) is 21.2 Å². The molecule has 3 aromatic carbocycles. The van der Waals surface area contributed by atoms with Crippen LogP contribution >= 0.6 is 0 Å². The highest BCUT2D eigenvalue weighted by molar-refractivity contribution is 5.87. The monoisotopic (exact) mass is 697 g/mol. The molecule has 1 heterocycles. The molecule has 5 N–H and O–H groups in total. The zero-order valence-electron chi connectivity index (χ0n) is 29.9. The topological polar surface area (TPSA) is 166 Å². The van der Waals surface area contributed by atoms with Crippen molar-refractivity contribution in [1.82, 2.24) is 26.2 Å². The molecular formula is C39H47N5O7. The number of nitrogens with one attached hydrogen (secondary N) is 3. The predicted octanol–water partition coefficient (Wildman–Crippen LogP) is 4.31. The Morgan fingerprint density at radius 1 is 0.980 bits per heavy atom. The summed E-state index contributed by atoms with van der Waals surface area (Å²) in [6, 6.07) is 22.4. The standard InChI is InChI=1S/C39H47N5O7/c1-24-32(25(2)51-43-24)28-18-16-27(17-19-28)22-44(42-35(46)34(38(3,4)5)41-37(48)50-6)23-39(49,21-26-12-8-7-9-13-26)36(47)40-33-30-15-11-10-14-29(30)20-31(33)45/h7-19,31,33-34,45,49H,20-23H2,1-6H3,(H,40,47)(H,41,48)(H,42,46)/t31-,33+,34-,39-/m1/s1. The Balaban J connectivity index is 1.49. The molecule has 0 bridgehead atoms. The minimum absolute atomic E-state index is 0.0853. The molecule has 12 heteroatoms. The number of aromatic nitrogens is 1. The van der Waals surface area contributed by atoms with Crippen molar-refractivity contribution in [3.05, 3.63) is 113 Å². The predicted molar refractivity (Wildman–Crippen MR) is 191 cm³/mol. The van der Waals surface area contributed by atoms with Gasteiger partial charge in [0, 0.05) is 24.9 Å². The van der Waals surface area contributed by atoms with Crippen LogP contribution in [0, 0.1) is 19.3 Å². The van der Waals surface area contributed by atoms with Gasteiger partial charge in [-0.25, -0.2) is 9.80 Å². The Morgan fingerprint density at radius 3 is 2.27 bits per heavy atom. The molecule has 3 amide bonds. The van der Waals surface area contributed by atoms with Gasteiger partial charge in [0.25, 0.3) is 11.8 Å². The van der Waals surface area contributed by atoms with E-state index in [1.54, 1.807) is 20.8 Å². The molecular weight excluding hydrogens is 650 g/mol. The van der Waals surface area contributed by atoms with Crippen molar-refractivity contribution in [2.24, 2.45) is 5.41 Å². The number of hydrogen-bond acceptors (Lipinski definition) is 9. The lowest BCUT2D eigenvalue weighted by atomic mass is 9.86. The Morgan fingerprint density at radius 2 is 1.65 bits per heavy atom. The Kier molecular flexibility index (Phi) is 11.3. The van der Waals surface area contributed by atoms with E-state index in [-0.39, 0.29) is 19.5 Å². The van der Waals surface area contributed by atoms with E-state index in [9.17, 15) is 24.6 Å². The van der Waals surface area contributed by atoms with Crippen molar-refractivity contribution in [2.75, 3.05) is 13.7 Å². The largest absolute Gasteiger partial charge is 0.453 e. The van der Waals surface area contributed by atoms with Gasteiger partial charge in [-0.05, 0) is 47.1 Å². The summed E-state index contributed by atoms with van der Waals surface area (Å²) in [7, 11) is 1.22. The van der Waals surface area contributed by atoms with Crippen LogP contribution in [-0.4, -0.2) is 69.7 Å². The highest BCUT2D eigenvalue weighted by Crippen LogP contribution is 2.32. The van der Waals surface area contributed by atoms with Crippen LogP contribution in [0.25, 0.3) is 11.1 Å². The highest BCUT2D eigenvalue weighted by Gasteiger charge is 2.43. The van der Waals surface area contributed by atoms with Crippen LogP contribution in [0.4, 0.5) is 4.79 Å². The maximum absolute atomic E-state index is 14.3. The van der Waals surface area contributed by atoms with Gasteiger partial charge >= 0.3 is 6.09 Å². The first-order valence-electron chi connectivity index (χ1n) is 16.9. The number of carbonyl (C=O) groups excluding carboxylic acids is 3. The summed E-state index contributed by atoms with van der Waals surface area (Å²) in [4.78, 5) is 40.5. The van der Waals surface area contributed by atoms with Gasteiger partial charge in [-0.2, -0.15) is 0 Å². The van der Waals surface area contributed by atoms with E-state index >= 15 is 0 Å². The fourth-order valence-corrected chi connectivity index (χ4v) is 6.58. The van der Waals surface area contributed by atoms with Gasteiger partial charge < -0.3 is 30.1 Å². The summed E-state index contributed by atoms with van der Waals surface area (Å²) in [6.45, 7) is 8.86. The van der Waals surface area contributed by atoms with Crippen molar-refractivity contribution in [3.63, 3.8) is 0 Å². The first kappa shape index (κ1) is 37.2. The number of methoxy groups -OCH3 is 1. The smallest absolute Gasteiger partial charge is 0.407 e. The van der Waals surface area contributed by atoms with Crippen LogP contribution in [0.15, 0.2) is 83.4 Å². The summed E-state index contributed by atoms with van der Waals surface area (Å²) in [5, 5.41) is 34.4. The first-order chi connectivity index (χ1) is 24.2.